The maximum atomic E-state index is 12.3. The number of nitrogens with zero attached hydrogens (tertiary/aromatic N) is 3. The molecule has 0 saturated heterocycles. The molecule has 2 aromatic heterocycles. The maximum absolute atomic E-state index is 12.3. The van der Waals surface area contributed by atoms with Gasteiger partial charge in [0.1, 0.15) is 5.56 Å². The normalized spacial score (nSPS) is 10.4. The molecule has 9 nitrogen and oxygen atoms in total. The van der Waals surface area contributed by atoms with Crippen LogP contribution >= 0.6 is 0 Å². The summed E-state index contributed by atoms with van der Waals surface area (Å²) < 4.78 is 17.1. The number of esters is 1. The molecule has 0 aliphatic heterocycles. The second-order valence-corrected chi connectivity index (χ2v) is 6.29. The van der Waals surface area contributed by atoms with E-state index in [9.17, 15) is 9.59 Å². The third kappa shape index (κ3) is 4.75. The Hall–Kier alpha value is -3.88. The number of rotatable bonds is 8. The van der Waals surface area contributed by atoms with Gasteiger partial charge in [0.2, 0.25) is 0 Å². The molecule has 0 atom stereocenters. The quantitative estimate of drug-likeness (QED) is 0.567. The number of benzene rings is 1. The van der Waals surface area contributed by atoms with E-state index < -0.39 is 18.5 Å². The molecule has 0 fully saturated rings. The molecule has 0 spiro atoms. The topological polar surface area (TPSA) is 105 Å². The molecule has 0 saturated carbocycles. The van der Waals surface area contributed by atoms with Gasteiger partial charge in [-0.2, -0.15) is 5.10 Å². The van der Waals surface area contributed by atoms with Gasteiger partial charge in [-0.1, -0.05) is 12.1 Å². The molecular weight excluding hydrogens is 388 g/mol. The average molecular weight is 410 g/mol. The van der Waals surface area contributed by atoms with Crippen molar-refractivity contribution in [1.29, 1.82) is 0 Å². The standard InChI is InChI=1S/C21H22N4O5/c1-14-16(12-24-25(14)19-6-4-5-9-22-19)21(27)30-13-20(26)23-11-15-7-8-17(28-2)18(10-15)29-3/h4-10,12H,11,13H2,1-3H3,(H,23,26). The predicted molar refractivity (Wildman–Crippen MR) is 108 cm³/mol. The highest BCUT2D eigenvalue weighted by atomic mass is 16.5. The number of carbonyl (C=O) groups is 2. The zero-order valence-corrected chi connectivity index (χ0v) is 16.9. The lowest BCUT2D eigenvalue weighted by atomic mass is 10.2. The number of hydrogen-bond donors (Lipinski definition) is 1. The first-order valence-corrected chi connectivity index (χ1v) is 9.14. The van der Waals surface area contributed by atoms with E-state index in [0.29, 0.717) is 23.0 Å². The number of methoxy groups -OCH3 is 2. The summed E-state index contributed by atoms with van der Waals surface area (Å²) in [5.74, 6) is 0.699. The van der Waals surface area contributed by atoms with Crippen LogP contribution in [0.4, 0.5) is 0 Å². The van der Waals surface area contributed by atoms with Gasteiger partial charge in [0, 0.05) is 12.7 Å². The van der Waals surface area contributed by atoms with E-state index in [1.807, 2.05) is 12.1 Å². The van der Waals surface area contributed by atoms with E-state index in [2.05, 4.69) is 15.4 Å². The Balaban J connectivity index is 1.54. The van der Waals surface area contributed by atoms with Gasteiger partial charge in [-0.15, -0.1) is 0 Å². The third-order valence-electron chi connectivity index (χ3n) is 4.37. The Morgan fingerprint density at radius 3 is 2.60 bits per heavy atom. The van der Waals surface area contributed by atoms with E-state index in [-0.39, 0.29) is 12.1 Å². The summed E-state index contributed by atoms with van der Waals surface area (Å²) >= 11 is 0. The molecule has 0 aliphatic rings. The molecule has 3 rings (SSSR count). The first kappa shape index (κ1) is 20.8. The Bertz CT molecular complexity index is 1030. The number of hydrogen-bond acceptors (Lipinski definition) is 7. The fourth-order valence-corrected chi connectivity index (χ4v) is 2.77. The van der Waals surface area contributed by atoms with Crippen LogP contribution in [-0.4, -0.2) is 47.5 Å². The number of amides is 1. The van der Waals surface area contributed by atoms with Crippen LogP contribution in [0, 0.1) is 6.92 Å². The lowest BCUT2D eigenvalue weighted by molar-refractivity contribution is -0.124. The second-order valence-electron chi connectivity index (χ2n) is 6.29. The SMILES string of the molecule is COc1ccc(CNC(=O)COC(=O)c2cnn(-c3ccccn3)c2C)cc1OC. The lowest BCUT2D eigenvalue weighted by Gasteiger charge is -2.10. The van der Waals surface area contributed by atoms with Crippen molar-refractivity contribution in [2.75, 3.05) is 20.8 Å². The molecule has 0 radical (unpaired) electrons. The van der Waals surface area contributed by atoms with Gasteiger partial charge in [-0.05, 0) is 36.8 Å². The molecule has 0 bridgehead atoms. The summed E-state index contributed by atoms with van der Waals surface area (Å²) in [6.45, 7) is 1.59. The maximum Gasteiger partial charge on any atom is 0.342 e. The van der Waals surface area contributed by atoms with Crippen molar-refractivity contribution in [3.8, 4) is 17.3 Å². The predicted octanol–water partition coefficient (Wildman–Crippen LogP) is 2.07. The fourth-order valence-electron chi connectivity index (χ4n) is 2.77. The molecule has 0 unspecified atom stereocenters. The van der Waals surface area contributed by atoms with Crippen molar-refractivity contribution < 1.29 is 23.8 Å². The zero-order valence-electron chi connectivity index (χ0n) is 16.9. The molecule has 156 valence electrons. The number of aromatic nitrogens is 3. The molecular formula is C21H22N4O5. The minimum Gasteiger partial charge on any atom is -0.493 e. The highest BCUT2D eigenvalue weighted by molar-refractivity contribution is 5.92. The number of carbonyl (C=O) groups excluding carboxylic acids is 2. The fraction of sp³-hybridized carbons (Fsp3) is 0.238. The Morgan fingerprint density at radius 1 is 1.10 bits per heavy atom. The van der Waals surface area contributed by atoms with Gasteiger partial charge >= 0.3 is 5.97 Å². The first-order valence-electron chi connectivity index (χ1n) is 9.14. The molecule has 1 aromatic carbocycles. The highest BCUT2D eigenvalue weighted by Gasteiger charge is 2.18. The van der Waals surface area contributed by atoms with E-state index in [1.165, 1.54) is 18.0 Å². The van der Waals surface area contributed by atoms with Crippen LogP contribution in [0.25, 0.3) is 5.82 Å². The van der Waals surface area contributed by atoms with Crippen LogP contribution in [0.1, 0.15) is 21.6 Å². The molecule has 9 heteroatoms. The van der Waals surface area contributed by atoms with Crippen molar-refractivity contribution in [2.24, 2.45) is 0 Å². The van der Waals surface area contributed by atoms with E-state index in [0.717, 1.165) is 5.56 Å². The molecule has 0 aliphatic carbocycles. The minimum atomic E-state index is -0.629. The van der Waals surface area contributed by atoms with Crippen LogP contribution in [-0.2, 0) is 16.1 Å². The molecule has 3 aromatic rings. The molecule has 1 N–H and O–H groups in total. The van der Waals surface area contributed by atoms with Crippen molar-refractivity contribution in [3.63, 3.8) is 0 Å². The van der Waals surface area contributed by atoms with Crippen molar-refractivity contribution in [3.05, 3.63) is 65.6 Å². The lowest BCUT2D eigenvalue weighted by Crippen LogP contribution is -2.28. The summed E-state index contributed by atoms with van der Waals surface area (Å²) in [5, 5.41) is 6.87. The van der Waals surface area contributed by atoms with Gasteiger partial charge in [0.25, 0.3) is 5.91 Å². The largest absolute Gasteiger partial charge is 0.493 e. The van der Waals surface area contributed by atoms with Gasteiger partial charge < -0.3 is 19.5 Å². The summed E-state index contributed by atoms with van der Waals surface area (Å²) in [7, 11) is 3.09. The first-order chi connectivity index (χ1) is 14.5. The average Bonchev–Trinajstić information content (AvgIpc) is 3.17. The van der Waals surface area contributed by atoms with Crippen molar-refractivity contribution in [2.45, 2.75) is 13.5 Å². The van der Waals surface area contributed by atoms with Crippen LogP contribution in [0.3, 0.4) is 0 Å². The van der Waals surface area contributed by atoms with E-state index in [1.54, 1.807) is 44.5 Å². The van der Waals surface area contributed by atoms with Crippen LogP contribution < -0.4 is 14.8 Å². The summed E-state index contributed by atoms with van der Waals surface area (Å²) in [6.07, 6.45) is 3.03. The minimum absolute atomic E-state index is 0.257. The molecule has 30 heavy (non-hydrogen) atoms. The van der Waals surface area contributed by atoms with E-state index in [4.69, 9.17) is 14.2 Å². The second kappa shape index (κ2) is 9.55. The van der Waals surface area contributed by atoms with Gasteiger partial charge in [-0.3, -0.25) is 4.79 Å². The Morgan fingerprint density at radius 2 is 1.90 bits per heavy atom. The molecule has 1 amide bonds. The van der Waals surface area contributed by atoms with E-state index >= 15 is 0 Å². The van der Waals surface area contributed by atoms with Crippen molar-refractivity contribution in [1.82, 2.24) is 20.1 Å². The third-order valence-corrected chi connectivity index (χ3v) is 4.37. The smallest absolute Gasteiger partial charge is 0.342 e. The van der Waals surface area contributed by atoms with Crippen LogP contribution in [0.15, 0.2) is 48.8 Å². The summed E-state index contributed by atoms with van der Waals surface area (Å²) in [6, 6.07) is 10.7. The van der Waals surface area contributed by atoms with Crippen LogP contribution in [0.5, 0.6) is 11.5 Å². The number of ether oxygens (including phenoxy) is 3. The van der Waals surface area contributed by atoms with Gasteiger partial charge in [0.05, 0.1) is 26.1 Å². The summed E-state index contributed by atoms with van der Waals surface area (Å²) in [5.41, 5.74) is 1.66. The van der Waals surface area contributed by atoms with Gasteiger partial charge in [0.15, 0.2) is 23.9 Å². The Kier molecular flexibility index (Phi) is 6.63. The van der Waals surface area contributed by atoms with Crippen molar-refractivity contribution >= 4 is 11.9 Å². The monoisotopic (exact) mass is 410 g/mol. The number of nitrogens with one attached hydrogen (secondary N) is 1. The van der Waals surface area contributed by atoms with Crippen LogP contribution in [0.2, 0.25) is 0 Å². The number of pyridine rings is 1. The molecule has 2 heterocycles. The van der Waals surface area contributed by atoms with Gasteiger partial charge in [-0.25, -0.2) is 14.5 Å². The summed E-state index contributed by atoms with van der Waals surface area (Å²) in [4.78, 5) is 28.6. The Labute approximate surface area is 173 Å². The highest BCUT2D eigenvalue weighted by Crippen LogP contribution is 2.27. The zero-order chi connectivity index (χ0) is 21.5.